The largest absolute Gasteiger partial charge is 0.496 e. The van der Waals surface area contributed by atoms with Crippen LogP contribution in [0.15, 0.2) is 60.0 Å². The molecule has 0 radical (unpaired) electrons. The second-order valence-corrected chi connectivity index (χ2v) is 5.88. The fraction of sp³-hybridized carbons (Fsp3) is 0.111. The standard InChI is InChI=1S/C18H17N3O2S/c1-23-16-10-6-5-7-13(16)11-19-17(22)15-12-24-18(21-15)20-14-8-3-2-4-9-14/h2-10,12H,11H2,1H3,(H,19,22)(H,20,21). The summed E-state index contributed by atoms with van der Waals surface area (Å²) in [6.45, 7) is 0.391. The van der Waals surface area contributed by atoms with Crippen LogP contribution in [-0.4, -0.2) is 18.0 Å². The molecule has 3 aromatic rings. The molecule has 1 aromatic heterocycles. The quantitative estimate of drug-likeness (QED) is 0.716. The first-order valence-electron chi connectivity index (χ1n) is 7.44. The highest BCUT2D eigenvalue weighted by Gasteiger charge is 2.11. The Morgan fingerprint density at radius 2 is 1.88 bits per heavy atom. The number of nitrogens with one attached hydrogen (secondary N) is 2. The number of carbonyl (C=O) groups is 1. The molecule has 0 unspecified atom stereocenters. The summed E-state index contributed by atoms with van der Waals surface area (Å²) in [5, 5.41) is 8.47. The maximum absolute atomic E-state index is 12.2. The van der Waals surface area contributed by atoms with Crippen LogP contribution in [0, 0.1) is 0 Å². The van der Waals surface area contributed by atoms with Crippen molar-refractivity contribution in [1.82, 2.24) is 10.3 Å². The second kappa shape index (κ2) is 7.61. The fourth-order valence-corrected chi connectivity index (χ4v) is 2.91. The Labute approximate surface area is 144 Å². The molecule has 2 aromatic carbocycles. The Morgan fingerprint density at radius 3 is 2.67 bits per heavy atom. The van der Waals surface area contributed by atoms with Crippen LogP contribution in [0.2, 0.25) is 0 Å². The van der Waals surface area contributed by atoms with E-state index in [4.69, 9.17) is 4.74 Å². The van der Waals surface area contributed by atoms with Crippen molar-refractivity contribution < 1.29 is 9.53 Å². The minimum atomic E-state index is -0.210. The van der Waals surface area contributed by atoms with Gasteiger partial charge in [-0.1, -0.05) is 36.4 Å². The van der Waals surface area contributed by atoms with E-state index < -0.39 is 0 Å². The van der Waals surface area contributed by atoms with Gasteiger partial charge in [-0.2, -0.15) is 0 Å². The van der Waals surface area contributed by atoms with Crippen molar-refractivity contribution in [2.24, 2.45) is 0 Å². The molecular weight excluding hydrogens is 322 g/mol. The summed E-state index contributed by atoms with van der Waals surface area (Å²) >= 11 is 1.39. The highest BCUT2D eigenvalue weighted by Crippen LogP contribution is 2.21. The first-order valence-corrected chi connectivity index (χ1v) is 8.32. The average Bonchev–Trinajstić information content (AvgIpc) is 3.09. The molecule has 5 nitrogen and oxygen atoms in total. The average molecular weight is 339 g/mol. The Hall–Kier alpha value is -2.86. The first kappa shape index (κ1) is 16.0. The molecule has 2 N–H and O–H groups in total. The fourth-order valence-electron chi connectivity index (χ4n) is 2.20. The number of hydrogen-bond donors (Lipinski definition) is 2. The molecule has 1 heterocycles. The summed E-state index contributed by atoms with van der Waals surface area (Å²) in [5.41, 5.74) is 2.26. The van der Waals surface area contributed by atoms with Gasteiger partial charge in [-0.05, 0) is 18.2 Å². The summed E-state index contributed by atoms with van der Waals surface area (Å²) < 4.78 is 5.28. The van der Waals surface area contributed by atoms with Gasteiger partial charge in [0.2, 0.25) is 0 Å². The summed E-state index contributed by atoms with van der Waals surface area (Å²) in [6, 6.07) is 17.3. The van der Waals surface area contributed by atoms with E-state index in [1.165, 1.54) is 11.3 Å². The number of methoxy groups -OCH3 is 1. The molecule has 0 aliphatic carbocycles. The van der Waals surface area contributed by atoms with Crippen LogP contribution in [-0.2, 0) is 6.54 Å². The molecule has 6 heteroatoms. The van der Waals surface area contributed by atoms with Crippen molar-refractivity contribution in [2.45, 2.75) is 6.54 Å². The normalized spacial score (nSPS) is 10.2. The van der Waals surface area contributed by atoms with Gasteiger partial charge in [0.1, 0.15) is 11.4 Å². The lowest BCUT2D eigenvalue weighted by Gasteiger charge is -2.08. The van der Waals surface area contributed by atoms with E-state index in [1.54, 1.807) is 12.5 Å². The molecule has 0 aliphatic rings. The topological polar surface area (TPSA) is 63.2 Å². The van der Waals surface area contributed by atoms with E-state index in [0.717, 1.165) is 17.0 Å². The van der Waals surface area contributed by atoms with Gasteiger partial charge in [0.25, 0.3) is 5.91 Å². The maximum Gasteiger partial charge on any atom is 0.271 e. The van der Waals surface area contributed by atoms with E-state index in [0.29, 0.717) is 17.4 Å². The number of para-hydroxylation sites is 2. The van der Waals surface area contributed by atoms with Gasteiger partial charge in [0.15, 0.2) is 5.13 Å². The smallest absolute Gasteiger partial charge is 0.271 e. The summed E-state index contributed by atoms with van der Waals surface area (Å²) in [7, 11) is 1.61. The highest BCUT2D eigenvalue weighted by molar-refractivity contribution is 7.14. The van der Waals surface area contributed by atoms with E-state index in [9.17, 15) is 4.79 Å². The van der Waals surface area contributed by atoms with Crippen LogP contribution in [0.1, 0.15) is 16.1 Å². The van der Waals surface area contributed by atoms with E-state index in [-0.39, 0.29) is 5.91 Å². The number of amides is 1. The zero-order valence-corrected chi connectivity index (χ0v) is 14.0. The number of thiazole rings is 1. The number of anilines is 2. The minimum absolute atomic E-state index is 0.210. The zero-order chi connectivity index (χ0) is 16.8. The van der Waals surface area contributed by atoms with Crippen LogP contribution in [0.4, 0.5) is 10.8 Å². The van der Waals surface area contributed by atoms with Crippen LogP contribution in [0.3, 0.4) is 0 Å². The number of carbonyl (C=O) groups excluding carboxylic acids is 1. The van der Waals surface area contributed by atoms with Crippen molar-refractivity contribution in [3.05, 3.63) is 71.2 Å². The third kappa shape index (κ3) is 3.91. The molecule has 122 valence electrons. The van der Waals surface area contributed by atoms with Crippen LogP contribution in [0.25, 0.3) is 0 Å². The number of aromatic nitrogens is 1. The van der Waals surface area contributed by atoms with Gasteiger partial charge in [0.05, 0.1) is 7.11 Å². The lowest BCUT2D eigenvalue weighted by Crippen LogP contribution is -2.23. The van der Waals surface area contributed by atoms with Crippen LogP contribution in [0.5, 0.6) is 5.75 Å². The van der Waals surface area contributed by atoms with Gasteiger partial charge in [-0.3, -0.25) is 4.79 Å². The molecule has 3 rings (SSSR count). The Bertz CT molecular complexity index is 818. The van der Waals surface area contributed by atoms with Crippen LogP contribution >= 0.6 is 11.3 Å². The number of hydrogen-bond acceptors (Lipinski definition) is 5. The number of benzene rings is 2. The third-order valence-electron chi connectivity index (χ3n) is 3.39. The Balaban J connectivity index is 1.61. The number of rotatable bonds is 6. The summed E-state index contributed by atoms with van der Waals surface area (Å²) in [4.78, 5) is 16.6. The van der Waals surface area contributed by atoms with Crippen molar-refractivity contribution in [2.75, 3.05) is 12.4 Å². The van der Waals surface area contributed by atoms with Gasteiger partial charge < -0.3 is 15.4 Å². The number of ether oxygens (including phenoxy) is 1. The minimum Gasteiger partial charge on any atom is -0.496 e. The molecular formula is C18H17N3O2S. The molecule has 24 heavy (non-hydrogen) atoms. The van der Waals surface area contributed by atoms with Gasteiger partial charge in [-0.25, -0.2) is 4.98 Å². The zero-order valence-electron chi connectivity index (χ0n) is 13.2. The monoisotopic (exact) mass is 339 g/mol. The SMILES string of the molecule is COc1ccccc1CNC(=O)c1csc(Nc2ccccc2)n1. The van der Waals surface area contributed by atoms with E-state index >= 15 is 0 Å². The summed E-state index contributed by atoms with van der Waals surface area (Å²) in [6.07, 6.45) is 0. The highest BCUT2D eigenvalue weighted by atomic mass is 32.1. The van der Waals surface area contributed by atoms with Gasteiger partial charge in [0, 0.05) is 23.2 Å². The van der Waals surface area contributed by atoms with Crippen molar-refractivity contribution in [3.8, 4) is 5.75 Å². The first-order chi connectivity index (χ1) is 11.8. The molecule has 1 amide bonds. The second-order valence-electron chi connectivity index (χ2n) is 5.02. The van der Waals surface area contributed by atoms with E-state index in [1.807, 2.05) is 54.6 Å². The molecule has 0 fully saturated rings. The predicted octanol–water partition coefficient (Wildman–Crippen LogP) is 3.83. The molecule has 0 saturated heterocycles. The maximum atomic E-state index is 12.2. The van der Waals surface area contributed by atoms with Gasteiger partial charge >= 0.3 is 0 Å². The third-order valence-corrected chi connectivity index (χ3v) is 4.15. The van der Waals surface area contributed by atoms with Crippen molar-refractivity contribution >= 4 is 28.1 Å². The Kier molecular flexibility index (Phi) is 5.08. The van der Waals surface area contributed by atoms with E-state index in [2.05, 4.69) is 15.6 Å². The van der Waals surface area contributed by atoms with Crippen molar-refractivity contribution in [1.29, 1.82) is 0 Å². The molecule has 0 spiro atoms. The summed E-state index contributed by atoms with van der Waals surface area (Å²) in [5.74, 6) is 0.542. The number of nitrogens with zero attached hydrogens (tertiary/aromatic N) is 1. The lowest BCUT2D eigenvalue weighted by atomic mass is 10.2. The Morgan fingerprint density at radius 1 is 1.12 bits per heavy atom. The molecule has 0 saturated carbocycles. The molecule has 0 atom stereocenters. The predicted molar refractivity (Wildman–Crippen MR) is 96.0 cm³/mol. The van der Waals surface area contributed by atoms with Crippen LogP contribution < -0.4 is 15.4 Å². The molecule has 0 bridgehead atoms. The van der Waals surface area contributed by atoms with Gasteiger partial charge in [-0.15, -0.1) is 11.3 Å². The lowest BCUT2D eigenvalue weighted by molar-refractivity contribution is 0.0946. The van der Waals surface area contributed by atoms with Crippen molar-refractivity contribution in [3.63, 3.8) is 0 Å². The molecule has 0 aliphatic heterocycles.